The number of aliphatic hydroxyl groups excluding tert-OH is 2. The maximum absolute atomic E-state index is 12.7. The number of nitrogens with one attached hydrogen (secondary N) is 1. The summed E-state index contributed by atoms with van der Waals surface area (Å²) >= 11 is 1.46. The average Bonchev–Trinajstić information content (AvgIpc) is 3.09. The van der Waals surface area contributed by atoms with Gasteiger partial charge in [-0.3, -0.25) is 9.78 Å². The van der Waals surface area contributed by atoms with Gasteiger partial charge in [-0.2, -0.15) is 0 Å². The van der Waals surface area contributed by atoms with Gasteiger partial charge in [0.05, 0.1) is 22.2 Å². The maximum Gasteiger partial charge on any atom is 0.233 e. The molecule has 1 amide bonds. The Morgan fingerprint density at radius 2 is 2.07 bits per heavy atom. The first kappa shape index (κ1) is 19.2. The number of amides is 1. The van der Waals surface area contributed by atoms with Crippen LogP contribution in [0.3, 0.4) is 0 Å². The van der Waals surface area contributed by atoms with Crippen LogP contribution in [0.5, 0.6) is 5.75 Å². The number of thiophene rings is 1. The fourth-order valence-corrected chi connectivity index (χ4v) is 3.52. The zero-order valence-corrected chi connectivity index (χ0v) is 15.4. The Hall–Kier alpha value is -2.52. The van der Waals surface area contributed by atoms with E-state index in [-0.39, 0.29) is 25.7 Å². The number of hydrogen-bond acceptors (Lipinski definition) is 7. The molecular formula is C19H21N3O4S. The van der Waals surface area contributed by atoms with Crippen molar-refractivity contribution in [1.82, 2.24) is 4.98 Å². The molecule has 0 radical (unpaired) electrons. The minimum absolute atomic E-state index is 0.00254. The van der Waals surface area contributed by atoms with Crippen LogP contribution < -0.4 is 15.8 Å². The summed E-state index contributed by atoms with van der Waals surface area (Å²) in [7, 11) is 0. The number of ether oxygens (including phenoxy) is 1. The van der Waals surface area contributed by atoms with Crippen LogP contribution in [0.15, 0.2) is 48.8 Å². The zero-order valence-electron chi connectivity index (χ0n) is 14.5. The van der Waals surface area contributed by atoms with E-state index in [9.17, 15) is 9.90 Å². The third-order valence-electron chi connectivity index (χ3n) is 4.06. The highest BCUT2D eigenvalue weighted by molar-refractivity contribution is 7.22. The average molecular weight is 387 g/mol. The molecule has 0 bridgehead atoms. The minimum Gasteiger partial charge on any atom is -0.491 e. The van der Waals surface area contributed by atoms with E-state index in [4.69, 9.17) is 15.6 Å². The van der Waals surface area contributed by atoms with Gasteiger partial charge in [0, 0.05) is 18.9 Å². The second-order valence-electron chi connectivity index (χ2n) is 6.02. The summed E-state index contributed by atoms with van der Waals surface area (Å²) < 4.78 is 6.37. The van der Waals surface area contributed by atoms with Crippen molar-refractivity contribution in [3.63, 3.8) is 0 Å². The van der Waals surface area contributed by atoms with Crippen molar-refractivity contribution in [3.05, 3.63) is 54.4 Å². The normalized spacial score (nSPS) is 13.3. The second kappa shape index (κ2) is 8.92. The van der Waals surface area contributed by atoms with Gasteiger partial charge in [-0.05, 0) is 35.2 Å². The number of aliphatic hydroxyl groups is 2. The Morgan fingerprint density at radius 1 is 1.30 bits per heavy atom. The Labute approximate surface area is 160 Å². The molecule has 0 saturated heterocycles. The minimum atomic E-state index is -0.927. The van der Waals surface area contributed by atoms with Gasteiger partial charge >= 0.3 is 0 Å². The number of rotatable bonds is 8. The SMILES string of the molecule is NCC(C(=O)Nc1cc2ccncc2s1)c1ccc(OCC(O)CO)cc1. The van der Waals surface area contributed by atoms with Crippen molar-refractivity contribution in [2.24, 2.45) is 5.73 Å². The Balaban J connectivity index is 1.67. The zero-order chi connectivity index (χ0) is 19.2. The molecule has 8 heteroatoms. The van der Waals surface area contributed by atoms with Gasteiger partial charge in [-0.15, -0.1) is 11.3 Å². The van der Waals surface area contributed by atoms with Crippen molar-refractivity contribution in [1.29, 1.82) is 0 Å². The highest BCUT2D eigenvalue weighted by Gasteiger charge is 2.20. The summed E-state index contributed by atoms with van der Waals surface area (Å²) in [6.45, 7) is -0.194. The van der Waals surface area contributed by atoms with Crippen molar-refractivity contribution in [3.8, 4) is 5.75 Å². The number of fused-ring (bicyclic) bond motifs is 1. The monoisotopic (exact) mass is 387 g/mol. The number of carbonyl (C=O) groups excluding carboxylic acids is 1. The van der Waals surface area contributed by atoms with E-state index >= 15 is 0 Å². The number of hydrogen-bond donors (Lipinski definition) is 4. The Morgan fingerprint density at radius 3 is 2.74 bits per heavy atom. The van der Waals surface area contributed by atoms with Crippen LogP contribution in [-0.2, 0) is 4.79 Å². The fraction of sp³-hybridized carbons (Fsp3) is 0.263. The van der Waals surface area contributed by atoms with E-state index in [1.54, 1.807) is 36.7 Å². The van der Waals surface area contributed by atoms with Crippen LogP contribution in [0.2, 0.25) is 0 Å². The number of carbonyl (C=O) groups is 1. The first-order chi connectivity index (χ1) is 13.1. The predicted octanol–water partition coefficient (Wildman–Crippen LogP) is 1.71. The molecule has 0 fully saturated rings. The molecule has 1 aromatic carbocycles. The molecule has 0 spiro atoms. The van der Waals surface area contributed by atoms with Crippen LogP contribution in [0.4, 0.5) is 5.00 Å². The first-order valence-corrected chi connectivity index (χ1v) is 9.28. The lowest BCUT2D eigenvalue weighted by atomic mass is 9.98. The van der Waals surface area contributed by atoms with E-state index < -0.39 is 12.0 Å². The van der Waals surface area contributed by atoms with Gasteiger partial charge in [0.15, 0.2) is 0 Å². The molecule has 2 atom stereocenters. The lowest BCUT2D eigenvalue weighted by Crippen LogP contribution is -2.27. The summed E-state index contributed by atoms with van der Waals surface area (Å²) in [5.41, 5.74) is 6.60. The molecule has 0 aliphatic rings. The molecule has 0 aliphatic carbocycles. The summed E-state index contributed by atoms with van der Waals surface area (Å²) in [5.74, 6) is -0.133. The van der Waals surface area contributed by atoms with Gasteiger partial charge in [0.1, 0.15) is 18.5 Å². The lowest BCUT2D eigenvalue weighted by molar-refractivity contribution is -0.117. The predicted molar refractivity (Wildman–Crippen MR) is 105 cm³/mol. The van der Waals surface area contributed by atoms with Crippen molar-refractivity contribution in [2.75, 3.05) is 25.1 Å². The highest BCUT2D eigenvalue weighted by atomic mass is 32.1. The van der Waals surface area contributed by atoms with E-state index in [1.807, 2.05) is 12.1 Å². The van der Waals surface area contributed by atoms with E-state index in [0.717, 1.165) is 20.7 Å². The number of nitrogens with two attached hydrogens (primary N) is 1. The smallest absolute Gasteiger partial charge is 0.233 e. The number of pyridine rings is 1. The molecule has 5 N–H and O–H groups in total. The quantitative estimate of drug-likeness (QED) is 0.467. The molecule has 2 heterocycles. The summed E-state index contributed by atoms with van der Waals surface area (Å²) in [5, 5.41) is 22.8. The molecule has 3 aromatic rings. The van der Waals surface area contributed by atoms with Crippen LogP contribution in [0, 0.1) is 0 Å². The number of nitrogens with zero attached hydrogens (tertiary/aromatic N) is 1. The third-order valence-corrected chi connectivity index (χ3v) is 5.06. The standard InChI is InChI=1S/C19H21N3O4S/c20-8-16(12-1-3-15(4-2-12)26-11-14(24)10-23)19(25)22-18-7-13-5-6-21-9-17(13)27-18/h1-7,9,14,16,23-24H,8,10-11,20H2,(H,22,25). The molecular weight excluding hydrogens is 366 g/mol. The molecule has 2 unspecified atom stereocenters. The van der Waals surface area contributed by atoms with Crippen molar-refractivity contribution < 1.29 is 19.7 Å². The highest BCUT2D eigenvalue weighted by Crippen LogP contribution is 2.30. The van der Waals surface area contributed by atoms with E-state index in [1.165, 1.54) is 11.3 Å². The second-order valence-corrected chi connectivity index (χ2v) is 7.10. The number of anilines is 1. The molecule has 0 saturated carbocycles. The first-order valence-electron chi connectivity index (χ1n) is 8.47. The summed E-state index contributed by atoms with van der Waals surface area (Å²) in [6, 6.07) is 10.8. The van der Waals surface area contributed by atoms with E-state index in [0.29, 0.717) is 5.75 Å². The number of benzene rings is 1. The molecule has 0 aliphatic heterocycles. The van der Waals surface area contributed by atoms with Crippen LogP contribution >= 0.6 is 11.3 Å². The van der Waals surface area contributed by atoms with Gasteiger partial charge < -0.3 is 26.0 Å². The van der Waals surface area contributed by atoms with Gasteiger partial charge in [0.25, 0.3) is 0 Å². The summed E-state index contributed by atoms with van der Waals surface area (Å²) in [6.07, 6.45) is 2.55. The topological polar surface area (TPSA) is 118 Å². The summed E-state index contributed by atoms with van der Waals surface area (Å²) in [4.78, 5) is 16.7. The Bertz CT molecular complexity index is 864. The number of aromatic nitrogens is 1. The fourth-order valence-electron chi connectivity index (χ4n) is 2.59. The van der Waals surface area contributed by atoms with Crippen molar-refractivity contribution in [2.45, 2.75) is 12.0 Å². The van der Waals surface area contributed by atoms with Crippen molar-refractivity contribution >= 4 is 32.3 Å². The van der Waals surface area contributed by atoms with Crippen LogP contribution in [0.1, 0.15) is 11.5 Å². The van der Waals surface area contributed by atoms with E-state index in [2.05, 4.69) is 10.3 Å². The Kier molecular flexibility index (Phi) is 6.36. The van der Waals surface area contributed by atoms with Gasteiger partial charge in [-0.1, -0.05) is 12.1 Å². The lowest BCUT2D eigenvalue weighted by Gasteiger charge is -2.15. The maximum atomic E-state index is 12.7. The molecule has 142 valence electrons. The largest absolute Gasteiger partial charge is 0.491 e. The van der Waals surface area contributed by atoms with Crippen LogP contribution in [0.25, 0.3) is 10.1 Å². The molecule has 3 rings (SSSR count). The van der Waals surface area contributed by atoms with Crippen LogP contribution in [-0.4, -0.2) is 47.0 Å². The van der Waals surface area contributed by atoms with Gasteiger partial charge in [0.2, 0.25) is 5.91 Å². The van der Waals surface area contributed by atoms with Gasteiger partial charge in [-0.25, -0.2) is 0 Å². The molecule has 2 aromatic heterocycles. The molecule has 27 heavy (non-hydrogen) atoms. The third kappa shape index (κ3) is 4.81. The molecule has 7 nitrogen and oxygen atoms in total.